The largest absolute Gasteiger partial charge is 0.345 e. The number of piperidine rings is 1. The molecule has 2 N–H and O–H groups in total. The third kappa shape index (κ3) is 4.92. The summed E-state index contributed by atoms with van der Waals surface area (Å²) < 4.78 is 0. The van der Waals surface area contributed by atoms with Gasteiger partial charge < -0.3 is 15.2 Å². The number of aryl methyl sites for hydroxylation is 2. The lowest BCUT2D eigenvalue weighted by Crippen LogP contribution is -2.38. The summed E-state index contributed by atoms with van der Waals surface area (Å²) in [7, 11) is 0. The number of carbonyl (C=O) groups is 1. The molecule has 0 aromatic carbocycles. The minimum absolute atomic E-state index is 0.0178. The van der Waals surface area contributed by atoms with E-state index in [1.54, 1.807) is 24.7 Å². The van der Waals surface area contributed by atoms with Crippen molar-refractivity contribution in [3.05, 3.63) is 71.7 Å². The number of aromatic amines is 1. The average Bonchev–Trinajstić information content (AvgIpc) is 3.25. The number of rotatable bonds is 5. The third-order valence-corrected chi connectivity index (χ3v) is 5.21. The monoisotopic (exact) mass is 402 g/mol. The number of aromatic nitrogens is 4. The number of nitrogens with one attached hydrogen (secondary N) is 2. The predicted octanol–water partition coefficient (Wildman–Crippen LogP) is 3.98. The topological polar surface area (TPSA) is 86.8 Å². The summed E-state index contributed by atoms with van der Waals surface area (Å²) in [4.78, 5) is 30.8. The first-order chi connectivity index (χ1) is 14.6. The fraction of sp³-hybridized carbons (Fsp3) is 0.304. The van der Waals surface area contributed by atoms with Gasteiger partial charge in [0.15, 0.2) is 0 Å². The standard InChI is InChI=1S/C23H26N6O/c1-16-5-3-7-22(27-16)28-20-11-17(2)26-21(12-20)18-6-4-10-29(14-18)23(30)9-8-19-13-24-15-25-19/h3,5,7-9,11-13,15,18H,4,6,10,14H2,1-2H3,(H,24,25)(H,26,27,28)/b9-8+/t18-/m1/s1. The van der Waals surface area contributed by atoms with Gasteiger partial charge in [0.25, 0.3) is 0 Å². The van der Waals surface area contributed by atoms with Crippen LogP contribution in [0, 0.1) is 13.8 Å². The molecule has 3 aromatic rings. The van der Waals surface area contributed by atoms with E-state index in [-0.39, 0.29) is 11.8 Å². The van der Waals surface area contributed by atoms with E-state index < -0.39 is 0 Å². The van der Waals surface area contributed by atoms with Crippen molar-refractivity contribution in [3.8, 4) is 0 Å². The number of nitrogens with zero attached hydrogens (tertiary/aromatic N) is 4. The first kappa shape index (κ1) is 19.8. The molecule has 0 saturated carbocycles. The lowest BCUT2D eigenvalue weighted by atomic mass is 9.93. The molecule has 1 saturated heterocycles. The smallest absolute Gasteiger partial charge is 0.246 e. The number of hydrogen-bond donors (Lipinski definition) is 2. The van der Waals surface area contributed by atoms with Gasteiger partial charge in [-0.1, -0.05) is 6.07 Å². The SMILES string of the molecule is Cc1cccc(Nc2cc(C)nc([C@@H]3CCCN(C(=O)/C=C/c4cnc[nH]4)C3)c2)n1. The summed E-state index contributed by atoms with van der Waals surface area (Å²) in [5.74, 6) is 1.05. The van der Waals surface area contributed by atoms with Gasteiger partial charge in [-0.2, -0.15) is 0 Å². The number of pyridine rings is 2. The lowest BCUT2D eigenvalue weighted by molar-refractivity contribution is -0.127. The van der Waals surface area contributed by atoms with Crippen LogP contribution in [0.15, 0.2) is 48.9 Å². The molecule has 30 heavy (non-hydrogen) atoms. The van der Waals surface area contributed by atoms with E-state index in [4.69, 9.17) is 4.98 Å². The van der Waals surface area contributed by atoms with Crippen molar-refractivity contribution in [1.82, 2.24) is 24.8 Å². The van der Waals surface area contributed by atoms with Gasteiger partial charge in [-0.05, 0) is 57.0 Å². The zero-order chi connectivity index (χ0) is 20.9. The zero-order valence-corrected chi connectivity index (χ0v) is 17.3. The second kappa shape index (κ2) is 8.90. The van der Waals surface area contributed by atoms with Crippen molar-refractivity contribution in [1.29, 1.82) is 0 Å². The van der Waals surface area contributed by atoms with Gasteiger partial charge in [0.1, 0.15) is 5.82 Å². The highest BCUT2D eigenvalue weighted by atomic mass is 16.2. The van der Waals surface area contributed by atoms with Gasteiger partial charge >= 0.3 is 0 Å². The highest BCUT2D eigenvalue weighted by molar-refractivity contribution is 5.91. The molecule has 4 heterocycles. The molecule has 0 aliphatic carbocycles. The first-order valence-corrected chi connectivity index (χ1v) is 10.2. The second-order valence-electron chi connectivity index (χ2n) is 7.67. The van der Waals surface area contributed by atoms with Crippen molar-refractivity contribution in [2.24, 2.45) is 0 Å². The summed E-state index contributed by atoms with van der Waals surface area (Å²) in [6, 6.07) is 10.0. The summed E-state index contributed by atoms with van der Waals surface area (Å²) in [5.41, 5.74) is 4.72. The third-order valence-electron chi connectivity index (χ3n) is 5.21. The van der Waals surface area contributed by atoms with E-state index in [0.717, 1.165) is 53.7 Å². The van der Waals surface area contributed by atoms with Gasteiger partial charge in [0, 0.05) is 47.9 Å². The molecule has 1 amide bonds. The Kier molecular flexibility index (Phi) is 5.88. The van der Waals surface area contributed by atoms with Crippen LogP contribution in [-0.4, -0.2) is 43.8 Å². The minimum atomic E-state index is 0.0178. The van der Waals surface area contributed by atoms with E-state index in [2.05, 4.69) is 26.3 Å². The Morgan fingerprint density at radius 1 is 1.23 bits per heavy atom. The highest BCUT2D eigenvalue weighted by Crippen LogP contribution is 2.28. The van der Waals surface area contributed by atoms with Crippen LogP contribution in [0.3, 0.4) is 0 Å². The van der Waals surface area contributed by atoms with Crippen LogP contribution in [0.2, 0.25) is 0 Å². The van der Waals surface area contributed by atoms with Crippen LogP contribution in [0.4, 0.5) is 11.5 Å². The average molecular weight is 403 g/mol. The lowest BCUT2D eigenvalue weighted by Gasteiger charge is -2.32. The maximum atomic E-state index is 12.6. The van der Waals surface area contributed by atoms with Crippen LogP contribution >= 0.6 is 0 Å². The van der Waals surface area contributed by atoms with Crippen molar-refractivity contribution < 1.29 is 4.79 Å². The van der Waals surface area contributed by atoms with E-state index in [1.807, 2.05) is 43.0 Å². The second-order valence-corrected chi connectivity index (χ2v) is 7.67. The number of anilines is 2. The van der Waals surface area contributed by atoms with Crippen molar-refractivity contribution in [3.63, 3.8) is 0 Å². The van der Waals surface area contributed by atoms with Gasteiger partial charge in [-0.25, -0.2) is 9.97 Å². The maximum Gasteiger partial charge on any atom is 0.246 e. The fourth-order valence-electron chi connectivity index (χ4n) is 3.78. The molecule has 1 atom stereocenters. The molecule has 154 valence electrons. The zero-order valence-electron chi connectivity index (χ0n) is 17.3. The molecule has 3 aromatic heterocycles. The van der Waals surface area contributed by atoms with E-state index >= 15 is 0 Å². The molecular weight excluding hydrogens is 376 g/mol. The maximum absolute atomic E-state index is 12.6. The Balaban J connectivity index is 1.47. The molecule has 7 heteroatoms. The molecular formula is C23H26N6O. The van der Waals surface area contributed by atoms with Gasteiger partial charge in [0.05, 0.1) is 18.2 Å². The molecule has 0 radical (unpaired) electrons. The molecule has 0 bridgehead atoms. The van der Waals surface area contributed by atoms with Crippen LogP contribution in [-0.2, 0) is 4.79 Å². The number of H-pyrrole nitrogens is 1. The summed E-state index contributed by atoms with van der Waals surface area (Å²) in [5, 5.41) is 3.38. The summed E-state index contributed by atoms with van der Waals surface area (Å²) in [6.07, 6.45) is 8.65. The molecule has 7 nitrogen and oxygen atoms in total. The first-order valence-electron chi connectivity index (χ1n) is 10.2. The number of imidazole rings is 1. The Bertz CT molecular complexity index is 1040. The number of hydrogen-bond acceptors (Lipinski definition) is 5. The van der Waals surface area contributed by atoms with Crippen LogP contribution in [0.1, 0.15) is 41.5 Å². The quantitative estimate of drug-likeness (QED) is 0.631. The molecule has 0 unspecified atom stereocenters. The van der Waals surface area contributed by atoms with E-state index in [0.29, 0.717) is 6.54 Å². The van der Waals surface area contributed by atoms with Crippen LogP contribution in [0.5, 0.6) is 0 Å². The van der Waals surface area contributed by atoms with Crippen LogP contribution < -0.4 is 5.32 Å². The van der Waals surface area contributed by atoms with Crippen LogP contribution in [0.25, 0.3) is 6.08 Å². The Morgan fingerprint density at radius 2 is 2.13 bits per heavy atom. The highest BCUT2D eigenvalue weighted by Gasteiger charge is 2.25. The summed E-state index contributed by atoms with van der Waals surface area (Å²) in [6.45, 7) is 5.41. The Labute approximate surface area is 176 Å². The number of likely N-dealkylation sites (tertiary alicyclic amines) is 1. The van der Waals surface area contributed by atoms with Crippen molar-refractivity contribution >= 4 is 23.5 Å². The Hall–Kier alpha value is -3.48. The summed E-state index contributed by atoms with van der Waals surface area (Å²) >= 11 is 0. The number of amides is 1. The fourth-order valence-corrected chi connectivity index (χ4v) is 3.78. The molecule has 1 fully saturated rings. The molecule has 4 rings (SSSR count). The van der Waals surface area contributed by atoms with Crippen molar-refractivity contribution in [2.75, 3.05) is 18.4 Å². The minimum Gasteiger partial charge on any atom is -0.345 e. The van der Waals surface area contributed by atoms with E-state index in [9.17, 15) is 4.79 Å². The normalized spacial score (nSPS) is 16.7. The van der Waals surface area contributed by atoms with Gasteiger partial charge in [0.2, 0.25) is 5.91 Å². The van der Waals surface area contributed by atoms with E-state index in [1.165, 1.54) is 0 Å². The predicted molar refractivity (Wildman–Crippen MR) is 117 cm³/mol. The molecule has 0 spiro atoms. The molecule has 1 aliphatic rings. The Morgan fingerprint density at radius 3 is 2.93 bits per heavy atom. The van der Waals surface area contributed by atoms with Gasteiger partial charge in [-0.3, -0.25) is 9.78 Å². The van der Waals surface area contributed by atoms with Gasteiger partial charge in [-0.15, -0.1) is 0 Å². The van der Waals surface area contributed by atoms with Crippen molar-refractivity contribution in [2.45, 2.75) is 32.6 Å². The molecule has 1 aliphatic heterocycles. The number of carbonyl (C=O) groups excluding carboxylic acids is 1.